The molecule has 0 spiro atoms. The maximum Gasteiger partial charge on any atom is 0.335 e. The average molecular weight is 219 g/mol. The highest BCUT2D eigenvalue weighted by Crippen LogP contribution is 2.18. The molecular formula is C12H13NO3. The van der Waals surface area contributed by atoms with Crippen molar-refractivity contribution in [3.8, 4) is 0 Å². The van der Waals surface area contributed by atoms with Gasteiger partial charge in [-0.2, -0.15) is 0 Å². The third-order valence-corrected chi connectivity index (χ3v) is 2.48. The number of rotatable bonds is 3. The molecular weight excluding hydrogens is 206 g/mol. The lowest BCUT2D eigenvalue weighted by molar-refractivity contribution is 0.0697. The van der Waals surface area contributed by atoms with E-state index in [1.54, 1.807) is 25.1 Å². The van der Waals surface area contributed by atoms with Gasteiger partial charge >= 0.3 is 5.97 Å². The predicted molar refractivity (Wildman–Crippen MR) is 60.6 cm³/mol. The topological polar surface area (TPSA) is 62.5 Å². The van der Waals surface area contributed by atoms with Crippen LogP contribution in [0.2, 0.25) is 0 Å². The van der Waals surface area contributed by atoms with Crippen LogP contribution in [-0.4, -0.2) is 26.9 Å². The number of carboxylic acid groups (broad SMARTS) is 1. The van der Waals surface area contributed by atoms with Gasteiger partial charge in [0.1, 0.15) is 0 Å². The molecule has 1 atom stereocenters. The number of carbonyl (C=O) groups is 1. The van der Waals surface area contributed by atoms with Crippen molar-refractivity contribution in [1.82, 2.24) is 4.57 Å². The first-order valence-corrected chi connectivity index (χ1v) is 5.08. The molecule has 0 bridgehead atoms. The molecule has 0 amide bonds. The normalized spacial score (nSPS) is 12.9. The van der Waals surface area contributed by atoms with E-state index in [1.807, 2.05) is 16.8 Å². The van der Waals surface area contributed by atoms with E-state index in [1.165, 1.54) is 0 Å². The van der Waals surface area contributed by atoms with Crippen LogP contribution in [0.25, 0.3) is 10.9 Å². The van der Waals surface area contributed by atoms with E-state index in [9.17, 15) is 9.90 Å². The van der Waals surface area contributed by atoms with Crippen molar-refractivity contribution in [2.75, 3.05) is 0 Å². The molecule has 0 aliphatic heterocycles. The summed E-state index contributed by atoms with van der Waals surface area (Å²) in [5, 5.41) is 19.2. The Morgan fingerprint density at radius 2 is 2.19 bits per heavy atom. The molecule has 0 radical (unpaired) electrons. The molecule has 1 unspecified atom stereocenters. The van der Waals surface area contributed by atoms with E-state index in [0.717, 1.165) is 10.9 Å². The minimum atomic E-state index is -0.938. The molecule has 0 fully saturated rings. The monoisotopic (exact) mass is 219 g/mol. The van der Waals surface area contributed by atoms with Crippen LogP contribution in [0.1, 0.15) is 17.3 Å². The van der Waals surface area contributed by atoms with Gasteiger partial charge in [0.25, 0.3) is 0 Å². The summed E-state index contributed by atoms with van der Waals surface area (Å²) in [6.45, 7) is 2.17. The standard InChI is InChI=1S/C12H13NO3/c1-8(14)7-13-5-4-9-2-3-10(12(15)16)6-11(9)13/h2-6,8,14H,7H2,1H3,(H,15,16). The number of fused-ring (bicyclic) bond motifs is 1. The van der Waals surface area contributed by atoms with Crippen LogP contribution in [-0.2, 0) is 6.54 Å². The van der Waals surface area contributed by atoms with Gasteiger partial charge in [-0.3, -0.25) is 0 Å². The van der Waals surface area contributed by atoms with Crippen molar-refractivity contribution >= 4 is 16.9 Å². The molecule has 4 nitrogen and oxygen atoms in total. The molecule has 2 N–H and O–H groups in total. The Kier molecular flexibility index (Phi) is 2.66. The maximum atomic E-state index is 10.8. The van der Waals surface area contributed by atoms with Crippen molar-refractivity contribution in [1.29, 1.82) is 0 Å². The van der Waals surface area contributed by atoms with Gasteiger partial charge in [-0.1, -0.05) is 6.07 Å². The quantitative estimate of drug-likeness (QED) is 0.826. The van der Waals surface area contributed by atoms with Crippen LogP contribution >= 0.6 is 0 Å². The van der Waals surface area contributed by atoms with Crippen LogP contribution in [0.5, 0.6) is 0 Å². The van der Waals surface area contributed by atoms with Crippen LogP contribution < -0.4 is 0 Å². The Morgan fingerprint density at radius 3 is 2.81 bits per heavy atom. The van der Waals surface area contributed by atoms with E-state index in [2.05, 4.69) is 0 Å². The van der Waals surface area contributed by atoms with Crippen LogP contribution in [0.4, 0.5) is 0 Å². The molecule has 4 heteroatoms. The molecule has 1 aromatic heterocycles. The first kappa shape index (κ1) is 10.7. The van der Waals surface area contributed by atoms with Gasteiger partial charge in [-0.15, -0.1) is 0 Å². The van der Waals surface area contributed by atoms with Gasteiger partial charge < -0.3 is 14.8 Å². The van der Waals surface area contributed by atoms with Gasteiger partial charge in [0.15, 0.2) is 0 Å². The number of benzene rings is 1. The maximum absolute atomic E-state index is 10.8. The summed E-state index contributed by atoms with van der Waals surface area (Å²) >= 11 is 0. The second kappa shape index (κ2) is 3.98. The SMILES string of the molecule is CC(O)Cn1ccc2ccc(C(=O)O)cc21. The van der Waals surface area contributed by atoms with E-state index >= 15 is 0 Å². The third kappa shape index (κ3) is 1.92. The van der Waals surface area contributed by atoms with Crippen molar-refractivity contribution in [2.45, 2.75) is 19.6 Å². The number of nitrogens with zero attached hydrogens (tertiary/aromatic N) is 1. The Hall–Kier alpha value is -1.81. The smallest absolute Gasteiger partial charge is 0.335 e. The fourth-order valence-corrected chi connectivity index (χ4v) is 1.76. The summed E-state index contributed by atoms with van der Waals surface area (Å²) in [4.78, 5) is 10.8. The van der Waals surface area contributed by atoms with Crippen LogP contribution in [0.15, 0.2) is 30.5 Å². The number of hydrogen-bond acceptors (Lipinski definition) is 2. The van der Waals surface area contributed by atoms with Crippen molar-refractivity contribution in [3.63, 3.8) is 0 Å². The first-order valence-electron chi connectivity index (χ1n) is 5.08. The summed E-state index contributed by atoms with van der Waals surface area (Å²) in [6, 6.07) is 6.89. The lowest BCUT2D eigenvalue weighted by atomic mass is 10.1. The highest BCUT2D eigenvalue weighted by Gasteiger charge is 2.07. The number of hydrogen-bond donors (Lipinski definition) is 2. The summed E-state index contributed by atoms with van der Waals surface area (Å²) in [6.07, 6.45) is 1.40. The fraction of sp³-hybridized carbons (Fsp3) is 0.250. The zero-order valence-electron chi connectivity index (χ0n) is 8.92. The van der Waals surface area contributed by atoms with Crippen molar-refractivity contribution in [3.05, 3.63) is 36.0 Å². The molecule has 84 valence electrons. The van der Waals surface area contributed by atoms with Gasteiger partial charge in [-0.25, -0.2) is 4.79 Å². The summed E-state index contributed by atoms with van der Waals surface area (Å²) in [7, 11) is 0. The zero-order chi connectivity index (χ0) is 11.7. The Labute approximate surface area is 92.7 Å². The summed E-state index contributed by atoms with van der Waals surface area (Å²) in [5.74, 6) is -0.938. The largest absolute Gasteiger partial charge is 0.478 e. The number of aliphatic hydroxyl groups excluding tert-OH is 1. The predicted octanol–water partition coefficient (Wildman–Crippen LogP) is 1.72. The minimum Gasteiger partial charge on any atom is -0.478 e. The molecule has 16 heavy (non-hydrogen) atoms. The highest BCUT2D eigenvalue weighted by molar-refractivity contribution is 5.93. The fourth-order valence-electron chi connectivity index (χ4n) is 1.76. The Balaban J connectivity index is 2.51. The van der Waals surface area contributed by atoms with Gasteiger partial charge in [-0.05, 0) is 30.5 Å². The summed E-state index contributed by atoms with van der Waals surface area (Å²) in [5.41, 5.74) is 1.10. The molecule has 2 aromatic rings. The molecule has 0 saturated carbocycles. The number of aromatic nitrogens is 1. The van der Waals surface area contributed by atoms with Gasteiger partial charge in [0, 0.05) is 18.3 Å². The van der Waals surface area contributed by atoms with E-state index in [0.29, 0.717) is 6.54 Å². The number of aliphatic hydroxyl groups is 1. The van der Waals surface area contributed by atoms with Crippen molar-refractivity contribution < 1.29 is 15.0 Å². The molecule has 0 aliphatic carbocycles. The Morgan fingerprint density at radius 1 is 1.44 bits per heavy atom. The molecule has 0 aliphatic rings. The molecule has 1 heterocycles. The summed E-state index contributed by atoms with van der Waals surface area (Å²) < 4.78 is 1.85. The first-order chi connectivity index (χ1) is 7.58. The van der Waals surface area contributed by atoms with Crippen LogP contribution in [0, 0.1) is 0 Å². The van der Waals surface area contributed by atoms with Crippen molar-refractivity contribution in [2.24, 2.45) is 0 Å². The highest BCUT2D eigenvalue weighted by atomic mass is 16.4. The third-order valence-electron chi connectivity index (χ3n) is 2.48. The van der Waals surface area contributed by atoms with E-state index in [4.69, 9.17) is 5.11 Å². The molecule has 0 saturated heterocycles. The van der Waals surface area contributed by atoms with E-state index in [-0.39, 0.29) is 5.56 Å². The Bertz CT molecular complexity index is 528. The second-order valence-corrected chi connectivity index (χ2v) is 3.90. The minimum absolute atomic E-state index is 0.262. The number of carboxylic acids is 1. The van der Waals surface area contributed by atoms with E-state index < -0.39 is 12.1 Å². The molecule has 2 rings (SSSR count). The van der Waals surface area contributed by atoms with Gasteiger partial charge in [0.2, 0.25) is 0 Å². The van der Waals surface area contributed by atoms with Gasteiger partial charge in [0.05, 0.1) is 11.7 Å². The van der Waals surface area contributed by atoms with Crippen LogP contribution in [0.3, 0.4) is 0 Å². The lowest BCUT2D eigenvalue weighted by Crippen LogP contribution is -2.10. The average Bonchev–Trinajstić information content (AvgIpc) is 2.60. The second-order valence-electron chi connectivity index (χ2n) is 3.90. The lowest BCUT2D eigenvalue weighted by Gasteiger charge is -2.07. The number of aromatic carboxylic acids is 1. The zero-order valence-corrected chi connectivity index (χ0v) is 8.92. The molecule has 1 aromatic carbocycles.